The molecule has 1 N–H and O–H groups in total. The summed E-state index contributed by atoms with van der Waals surface area (Å²) < 4.78 is 0. The van der Waals surface area contributed by atoms with Gasteiger partial charge in [0, 0.05) is 5.54 Å². The summed E-state index contributed by atoms with van der Waals surface area (Å²) in [6.07, 6.45) is 9.30. The molecule has 1 saturated carbocycles. The summed E-state index contributed by atoms with van der Waals surface area (Å²) in [5.74, 6) is 0.981. The van der Waals surface area contributed by atoms with Gasteiger partial charge in [0.05, 0.1) is 0 Å². The normalized spacial score (nSPS) is 37.7. The van der Waals surface area contributed by atoms with Gasteiger partial charge in [0.15, 0.2) is 0 Å². The van der Waals surface area contributed by atoms with Crippen molar-refractivity contribution in [1.82, 2.24) is 5.32 Å². The molecular formula is C12H21N. The van der Waals surface area contributed by atoms with Crippen molar-refractivity contribution in [3.63, 3.8) is 0 Å². The number of allylic oxidation sites excluding steroid dienone is 1. The zero-order valence-corrected chi connectivity index (χ0v) is 8.90. The Morgan fingerprint density at radius 2 is 2.46 bits per heavy atom. The first-order chi connectivity index (χ1) is 6.22. The van der Waals surface area contributed by atoms with Gasteiger partial charge in [-0.1, -0.05) is 18.6 Å². The minimum Gasteiger partial charge on any atom is -0.308 e. The van der Waals surface area contributed by atoms with E-state index in [0.717, 1.165) is 12.5 Å². The maximum absolute atomic E-state index is 3.67. The molecule has 2 unspecified atom stereocenters. The van der Waals surface area contributed by atoms with Crippen molar-refractivity contribution in [1.29, 1.82) is 0 Å². The quantitative estimate of drug-likeness (QED) is 0.657. The summed E-state index contributed by atoms with van der Waals surface area (Å²) >= 11 is 0. The highest BCUT2D eigenvalue weighted by atomic mass is 15.0. The van der Waals surface area contributed by atoms with Crippen LogP contribution in [0.5, 0.6) is 0 Å². The zero-order chi connectivity index (χ0) is 9.31. The molecule has 0 heterocycles. The van der Waals surface area contributed by atoms with Gasteiger partial charge in [-0.3, -0.25) is 0 Å². The van der Waals surface area contributed by atoms with E-state index in [1.807, 2.05) is 0 Å². The Hall–Kier alpha value is -0.300. The predicted molar refractivity (Wildman–Crippen MR) is 56.7 cm³/mol. The molecule has 0 aromatic heterocycles. The molecule has 0 aromatic carbocycles. The molecule has 74 valence electrons. The Kier molecular flexibility index (Phi) is 2.46. The third-order valence-electron chi connectivity index (χ3n) is 3.44. The van der Waals surface area contributed by atoms with Gasteiger partial charge < -0.3 is 5.32 Å². The molecule has 2 aliphatic rings. The second-order valence-corrected chi connectivity index (χ2v) is 4.96. The summed E-state index contributed by atoms with van der Waals surface area (Å²) in [4.78, 5) is 0. The van der Waals surface area contributed by atoms with Gasteiger partial charge in [-0.15, -0.1) is 0 Å². The average Bonchev–Trinajstić information content (AvgIpc) is 2.43. The van der Waals surface area contributed by atoms with Crippen LogP contribution in [-0.2, 0) is 0 Å². The lowest BCUT2D eigenvalue weighted by Gasteiger charge is -2.33. The minimum atomic E-state index is 0.324. The van der Waals surface area contributed by atoms with Crippen LogP contribution in [-0.4, -0.2) is 12.1 Å². The number of hydrogen-bond acceptors (Lipinski definition) is 1. The van der Waals surface area contributed by atoms with Gasteiger partial charge in [-0.05, 0) is 51.5 Å². The summed E-state index contributed by atoms with van der Waals surface area (Å²) in [5.41, 5.74) is 2.03. The first-order valence-electron chi connectivity index (χ1n) is 5.67. The van der Waals surface area contributed by atoms with Gasteiger partial charge in [-0.25, -0.2) is 0 Å². The van der Waals surface area contributed by atoms with Crippen molar-refractivity contribution in [2.75, 3.05) is 6.54 Å². The van der Waals surface area contributed by atoms with Crippen molar-refractivity contribution in [3.05, 3.63) is 11.6 Å². The molecule has 0 saturated heterocycles. The third-order valence-corrected chi connectivity index (χ3v) is 3.44. The van der Waals surface area contributed by atoms with Gasteiger partial charge in [0.25, 0.3) is 0 Å². The summed E-state index contributed by atoms with van der Waals surface area (Å²) in [5, 5.41) is 3.67. The van der Waals surface area contributed by atoms with E-state index >= 15 is 0 Å². The topological polar surface area (TPSA) is 12.0 Å². The molecule has 13 heavy (non-hydrogen) atoms. The van der Waals surface area contributed by atoms with Crippen molar-refractivity contribution in [2.45, 2.75) is 51.5 Å². The fraction of sp³-hybridized carbons (Fsp3) is 0.833. The van der Waals surface area contributed by atoms with E-state index in [1.54, 1.807) is 5.57 Å². The Bertz CT molecular complexity index is 219. The summed E-state index contributed by atoms with van der Waals surface area (Å²) in [7, 11) is 0. The average molecular weight is 179 g/mol. The second kappa shape index (κ2) is 3.45. The van der Waals surface area contributed by atoms with Crippen LogP contribution in [0.15, 0.2) is 11.6 Å². The van der Waals surface area contributed by atoms with E-state index in [4.69, 9.17) is 0 Å². The Morgan fingerprint density at radius 1 is 1.62 bits per heavy atom. The van der Waals surface area contributed by atoms with Crippen LogP contribution in [0.3, 0.4) is 0 Å². The van der Waals surface area contributed by atoms with Gasteiger partial charge in [0.2, 0.25) is 0 Å². The highest BCUT2D eigenvalue weighted by molar-refractivity contribution is 5.22. The maximum Gasteiger partial charge on any atom is 0.0341 e. The lowest BCUT2D eigenvalue weighted by molar-refractivity contribution is 0.324. The number of rotatable bonds is 3. The predicted octanol–water partition coefficient (Wildman–Crippen LogP) is 2.87. The molecule has 0 aromatic rings. The van der Waals surface area contributed by atoms with E-state index in [-0.39, 0.29) is 0 Å². The molecule has 1 heteroatoms. The molecule has 2 bridgehead atoms. The monoisotopic (exact) mass is 179 g/mol. The van der Waals surface area contributed by atoms with Crippen molar-refractivity contribution >= 4 is 0 Å². The molecule has 0 aliphatic heterocycles. The second-order valence-electron chi connectivity index (χ2n) is 4.96. The van der Waals surface area contributed by atoms with Crippen molar-refractivity contribution in [3.8, 4) is 0 Å². The minimum absolute atomic E-state index is 0.324. The molecule has 2 atom stereocenters. The number of hydrogen-bond donors (Lipinski definition) is 1. The van der Waals surface area contributed by atoms with E-state index in [9.17, 15) is 0 Å². The standard InChI is InChI=1S/C12H21N/c1-3-6-13-12(2)8-10-4-5-11(7-10)9-12/h8,11,13H,3-7,9H2,1-2H3. The van der Waals surface area contributed by atoms with E-state index in [1.165, 1.54) is 32.1 Å². The number of fused-ring (bicyclic) bond motifs is 2. The largest absolute Gasteiger partial charge is 0.308 e. The smallest absolute Gasteiger partial charge is 0.0341 e. The SMILES string of the molecule is CCCNC1(C)C=C2CCC(C2)C1. The Balaban J connectivity index is 2.03. The molecule has 0 radical (unpaired) electrons. The van der Waals surface area contributed by atoms with Crippen LogP contribution in [0.4, 0.5) is 0 Å². The molecule has 0 amide bonds. The fourth-order valence-electron chi connectivity index (χ4n) is 2.91. The van der Waals surface area contributed by atoms with Crippen LogP contribution >= 0.6 is 0 Å². The fourth-order valence-corrected chi connectivity index (χ4v) is 2.91. The molecular weight excluding hydrogens is 158 g/mol. The molecule has 2 aliphatic carbocycles. The third kappa shape index (κ3) is 1.96. The maximum atomic E-state index is 3.67. The van der Waals surface area contributed by atoms with Crippen LogP contribution in [0.1, 0.15) is 46.0 Å². The van der Waals surface area contributed by atoms with E-state index < -0.39 is 0 Å². The highest BCUT2D eigenvalue weighted by Crippen LogP contribution is 2.41. The first kappa shape index (κ1) is 9.26. The lowest BCUT2D eigenvalue weighted by Crippen LogP contribution is -2.43. The summed E-state index contributed by atoms with van der Waals surface area (Å²) in [6, 6.07) is 0. The van der Waals surface area contributed by atoms with Crippen LogP contribution in [0.25, 0.3) is 0 Å². The van der Waals surface area contributed by atoms with Crippen LogP contribution < -0.4 is 5.32 Å². The molecule has 1 nitrogen and oxygen atoms in total. The van der Waals surface area contributed by atoms with Gasteiger partial charge in [-0.2, -0.15) is 0 Å². The molecule has 0 spiro atoms. The van der Waals surface area contributed by atoms with Crippen molar-refractivity contribution < 1.29 is 0 Å². The lowest BCUT2D eigenvalue weighted by atomic mass is 9.83. The molecule has 1 fully saturated rings. The van der Waals surface area contributed by atoms with E-state index in [0.29, 0.717) is 5.54 Å². The Morgan fingerprint density at radius 3 is 3.15 bits per heavy atom. The van der Waals surface area contributed by atoms with Gasteiger partial charge >= 0.3 is 0 Å². The summed E-state index contributed by atoms with van der Waals surface area (Å²) in [6.45, 7) is 5.76. The first-order valence-corrected chi connectivity index (χ1v) is 5.67. The zero-order valence-electron chi connectivity index (χ0n) is 8.90. The number of nitrogens with one attached hydrogen (secondary N) is 1. The molecule has 2 rings (SSSR count). The van der Waals surface area contributed by atoms with E-state index in [2.05, 4.69) is 25.2 Å². The highest BCUT2D eigenvalue weighted by Gasteiger charge is 2.34. The van der Waals surface area contributed by atoms with Crippen LogP contribution in [0, 0.1) is 5.92 Å². The Labute approximate surface area is 81.6 Å². The van der Waals surface area contributed by atoms with Gasteiger partial charge in [0.1, 0.15) is 0 Å². The van der Waals surface area contributed by atoms with Crippen molar-refractivity contribution in [2.24, 2.45) is 5.92 Å². The van der Waals surface area contributed by atoms with Crippen LogP contribution in [0.2, 0.25) is 0 Å².